The lowest BCUT2D eigenvalue weighted by molar-refractivity contribution is -0.161. The molecule has 0 aromatic carbocycles. The first-order valence-corrected chi connectivity index (χ1v) is 40.8. The van der Waals surface area contributed by atoms with Gasteiger partial charge in [-0.1, -0.05) is 265 Å². The lowest BCUT2D eigenvalue weighted by Crippen LogP contribution is -2.30. The maximum atomic E-state index is 13.1. The minimum Gasteiger partial charge on any atom is -0.462 e. The van der Waals surface area contributed by atoms with Gasteiger partial charge in [0.2, 0.25) is 0 Å². The van der Waals surface area contributed by atoms with Crippen molar-refractivity contribution in [2.24, 2.45) is 0 Å². The van der Waals surface area contributed by atoms with Crippen LogP contribution in [0.2, 0.25) is 0 Å². The summed E-state index contributed by atoms with van der Waals surface area (Å²) in [5.41, 5.74) is 0. The molecule has 0 aliphatic carbocycles. The molecule has 19 heteroatoms. The second kappa shape index (κ2) is 70.9. The summed E-state index contributed by atoms with van der Waals surface area (Å²) in [7, 11) is -9.97. The summed E-state index contributed by atoms with van der Waals surface area (Å²) >= 11 is 0. The highest BCUT2D eigenvalue weighted by Gasteiger charge is 2.30. The van der Waals surface area contributed by atoms with Crippen LogP contribution in [0.4, 0.5) is 0 Å². The Morgan fingerprint density at radius 3 is 0.878 bits per heavy atom. The number of allylic oxidation sites excluding steroid dienone is 20. The van der Waals surface area contributed by atoms with Gasteiger partial charge in [0, 0.05) is 25.7 Å². The van der Waals surface area contributed by atoms with Gasteiger partial charge in [-0.25, -0.2) is 9.13 Å². The number of rotatable bonds is 70. The highest BCUT2D eigenvalue weighted by Crippen LogP contribution is 2.45. The Labute approximate surface area is 593 Å². The normalized spacial score (nSPS) is 14.6. The fourth-order valence-corrected chi connectivity index (χ4v) is 11.3. The number of phosphoric ester groups is 2. The van der Waals surface area contributed by atoms with E-state index in [1.54, 1.807) is 0 Å². The molecule has 0 heterocycles. The molecule has 0 bridgehead atoms. The molecule has 0 spiro atoms. The number of phosphoric acid groups is 2. The molecule has 0 fully saturated rings. The van der Waals surface area contributed by atoms with Gasteiger partial charge in [0.25, 0.3) is 0 Å². The summed E-state index contributed by atoms with van der Waals surface area (Å²) in [6, 6.07) is 0. The van der Waals surface area contributed by atoms with Gasteiger partial charge in [0.05, 0.1) is 26.4 Å². The standard InChI is InChI=1S/C79H134O17P2/c1-5-9-13-17-21-25-29-32-34-36-38-41-44-47-51-55-59-63-76(81)89-69-74(95-78(83)65-61-57-53-49-43-28-24-20-16-12-8-4)71-93-97(85,86)91-67-73(80)68-92-98(87,88)94-72-75(96-79(84)66-62-58-54-50-46-40-31-27-23-19-15-11-7-3)70-90-77(82)64-60-56-52-48-45-42-39-37-35-33-30-26-22-18-14-10-6-2/h9-10,13-14,21-22,25-27,31-35,38-39,41-42,48,52,73-75,80H,5-8,11-12,15-20,23-24,28-30,36-37,40,43-47,49-51,53-72H2,1-4H3,(H,85,86)(H,87,88)/b13-9-,14-10-,25-21-,26-22-,31-27-,34-32-,35-33-,41-38-,42-39-,52-48-. The molecule has 0 aliphatic heterocycles. The first-order valence-electron chi connectivity index (χ1n) is 37.8. The number of esters is 4. The van der Waals surface area contributed by atoms with Gasteiger partial charge < -0.3 is 33.8 Å². The van der Waals surface area contributed by atoms with Crippen LogP contribution in [0.1, 0.15) is 297 Å². The van der Waals surface area contributed by atoms with Crippen LogP contribution in [-0.2, 0) is 65.4 Å². The van der Waals surface area contributed by atoms with E-state index in [1.165, 1.54) is 64.2 Å². The Hall–Kier alpha value is -4.54. The Bertz CT molecular complexity index is 2340. The first kappa shape index (κ1) is 93.5. The van der Waals surface area contributed by atoms with Crippen LogP contribution in [0.15, 0.2) is 122 Å². The maximum absolute atomic E-state index is 13.1. The molecule has 3 N–H and O–H groups in total. The van der Waals surface area contributed by atoms with Gasteiger partial charge in [-0.2, -0.15) is 0 Å². The average molecular weight is 1420 g/mol. The smallest absolute Gasteiger partial charge is 0.462 e. The third-order valence-electron chi connectivity index (χ3n) is 15.4. The molecular weight excluding hydrogens is 1280 g/mol. The number of aliphatic hydroxyl groups is 1. The molecule has 0 amide bonds. The molecule has 0 aromatic rings. The minimum absolute atomic E-state index is 0.0707. The van der Waals surface area contributed by atoms with Crippen molar-refractivity contribution in [2.45, 2.75) is 316 Å². The van der Waals surface area contributed by atoms with Crippen molar-refractivity contribution < 1.29 is 80.2 Å². The predicted octanol–water partition coefficient (Wildman–Crippen LogP) is 21.6. The molecule has 0 aliphatic rings. The Morgan fingerprint density at radius 1 is 0.296 bits per heavy atom. The number of carbonyl (C=O) groups is 4. The summed E-state index contributed by atoms with van der Waals surface area (Å²) in [5.74, 6) is -2.27. The molecule has 0 saturated heterocycles. The van der Waals surface area contributed by atoms with Gasteiger partial charge in [0.15, 0.2) is 12.2 Å². The lowest BCUT2D eigenvalue weighted by Gasteiger charge is -2.21. The van der Waals surface area contributed by atoms with Gasteiger partial charge in [0.1, 0.15) is 19.3 Å². The predicted molar refractivity (Wildman–Crippen MR) is 399 cm³/mol. The fraction of sp³-hybridized carbons (Fsp3) is 0.696. The monoisotopic (exact) mass is 1420 g/mol. The molecule has 562 valence electrons. The molecule has 98 heavy (non-hydrogen) atoms. The van der Waals surface area contributed by atoms with Crippen molar-refractivity contribution in [2.75, 3.05) is 39.6 Å². The molecule has 5 unspecified atom stereocenters. The van der Waals surface area contributed by atoms with Gasteiger partial charge in [-0.3, -0.25) is 37.3 Å². The van der Waals surface area contributed by atoms with Crippen LogP contribution in [0, 0.1) is 0 Å². The van der Waals surface area contributed by atoms with Gasteiger partial charge in [-0.15, -0.1) is 0 Å². The SMILES string of the molecule is CC/C=C\C/C=C\C/C=C\C/C=C\C/C=C\CCCC(=O)OCC(COP(=O)(O)OCC(O)COP(=O)(O)OCC(COC(=O)CCCCCC/C=C\C/C=C\C/C=C\C/C=C\CC)OC(=O)CCCCCCCCCCCCC)OC(=O)CCCCCCC/C=C\CCCCCC. The van der Waals surface area contributed by atoms with E-state index in [-0.39, 0.29) is 25.7 Å². The van der Waals surface area contributed by atoms with Crippen LogP contribution >= 0.6 is 15.6 Å². The number of carbonyl (C=O) groups excluding carboxylic acids is 4. The number of hydrogen-bond acceptors (Lipinski definition) is 15. The highest BCUT2D eigenvalue weighted by molar-refractivity contribution is 7.47. The van der Waals surface area contributed by atoms with Crippen molar-refractivity contribution in [3.05, 3.63) is 122 Å². The molecule has 0 saturated carbocycles. The third-order valence-corrected chi connectivity index (χ3v) is 17.3. The van der Waals surface area contributed by atoms with E-state index < -0.39 is 97.5 Å². The maximum Gasteiger partial charge on any atom is 0.472 e. The zero-order valence-corrected chi connectivity index (χ0v) is 63.0. The van der Waals surface area contributed by atoms with Crippen LogP contribution < -0.4 is 0 Å². The summed E-state index contributed by atoms with van der Waals surface area (Å²) < 4.78 is 68.3. The second-order valence-electron chi connectivity index (χ2n) is 24.8. The van der Waals surface area contributed by atoms with Crippen molar-refractivity contribution >= 4 is 39.5 Å². The quantitative estimate of drug-likeness (QED) is 0.0169. The lowest BCUT2D eigenvalue weighted by atomic mass is 10.1. The van der Waals surface area contributed by atoms with Crippen molar-refractivity contribution in [3.63, 3.8) is 0 Å². The van der Waals surface area contributed by atoms with E-state index >= 15 is 0 Å². The van der Waals surface area contributed by atoms with Crippen molar-refractivity contribution in [3.8, 4) is 0 Å². The summed E-state index contributed by atoms with van der Waals surface area (Å²) in [4.78, 5) is 72.8. The number of aliphatic hydroxyl groups excluding tert-OH is 1. The molecule has 0 rings (SSSR count). The van der Waals surface area contributed by atoms with E-state index in [9.17, 15) is 43.2 Å². The number of ether oxygens (including phenoxy) is 4. The van der Waals surface area contributed by atoms with Crippen molar-refractivity contribution in [1.29, 1.82) is 0 Å². The van der Waals surface area contributed by atoms with Crippen LogP contribution in [-0.4, -0.2) is 96.7 Å². The Morgan fingerprint density at radius 2 is 0.541 bits per heavy atom. The zero-order valence-electron chi connectivity index (χ0n) is 61.2. The fourth-order valence-electron chi connectivity index (χ4n) is 9.71. The topological polar surface area (TPSA) is 237 Å². The summed E-state index contributed by atoms with van der Waals surface area (Å²) in [5, 5.41) is 10.6. The largest absolute Gasteiger partial charge is 0.472 e. The molecule has 0 radical (unpaired) electrons. The van der Waals surface area contributed by atoms with Gasteiger partial charge >= 0.3 is 39.5 Å². The van der Waals surface area contributed by atoms with E-state index in [4.69, 9.17) is 37.0 Å². The second-order valence-corrected chi connectivity index (χ2v) is 27.7. The van der Waals surface area contributed by atoms with E-state index in [0.29, 0.717) is 32.1 Å². The molecule has 0 aromatic heterocycles. The van der Waals surface area contributed by atoms with E-state index in [1.807, 2.05) is 12.2 Å². The minimum atomic E-state index is -4.99. The summed E-state index contributed by atoms with van der Waals surface area (Å²) in [6.07, 6.45) is 76.3. The zero-order chi connectivity index (χ0) is 71.8. The molecular formula is C79H134O17P2. The Balaban J connectivity index is 5.38. The van der Waals surface area contributed by atoms with Gasteiger partial charge in [-0.05, 0) is 128 Å². The van der Waals surface area contributed by atoms with Crippen LogP contribution in [0.25, 0.3) is 0 Å². The van der Waals surface area contributed by atoms with Crippen LogP contribution in [0.5, 0.6) is 0 Å². The van der Waals surface area contributed by atoms with Crippen molar-refractivity contribution in [1.82, 2.24) is 0 Å². The average Bonchev–Trinajstić information content (AvgIpc) is 0.973. The van der Waals surface area contributed by atoms with E-state index in [2.05, 4.69) is 137 Å². The number of hydrogen-bond donors (Lipinski definition) is 3. The third kappa shape index (κ3) is 69.9. The highest BCUT2D eigenvalue weighted by atomic mass is 31.2. The van der Waals surface area contributed by atoms with Crippen LogP contribution in [0.3, 0.4) is 0 Å². The molecule has 17 nitrogen and oxygen atoms in total. The van der Waals surface area contributed by atoms with E-state index in [0.717, 1.165) is 148 Å². The number of unbranched alkanes of at least 4 members (excludes halogenated alkanes) is 24. The first-order chi connectivity index (χ1) is 47.7. The summed E-state index contributed by atoms with van der Waals surface area (Å²) in [6.45, 7) is 4.52. The Kier molecular flexibility index (Phi) is 67.6. The molecule has 5 atom stereocenters.